The molecule has 0 atom stereocenters. The zero-order valence-electron chi connectivity index (χ0n) is 17.3. The number of nitrogens with zero attached hydrogens (tertiary/aromatic N) is 2. The molecule has 154 valence electrons. The predicted molar refractivity (Wildman–Crippen MR) is 119 cm³/mol. The third-order valence-electron chi connectivity index (χ3n) is 5.81. The highest BCUT2D eigenvalue weighted by Crippen LogP contribution is 2.27. The van der Waals surface area contributed by atoms with E-state index in [4.69, 9.17) is 0 Å². The molecule has 0 saturated carbocycles. The van der Waals surface area contributed by atoms with Crippen molar-refractivity contribution in [3.8, 4) is 0 Å². The van der Waals surface area contributed by atoms with Gasteiger partial charge in [-0.2, -0.15) is 0 Å². The van der Waals surface area contributed by atoms with Crippen molar-refractivity contribution in [2.45, 2.75) is 32.4 Å². The smallest absolute Gasteiger partial charge is 0.261 e. The number of rotatable bonds is 5. The van der Waals surface area contributed by atoms with E-state index in [1.807, 2.05) is 37.3 Å². The Hall–Kier alpha value is -2.98. The molecule has 3 nitrogen and oxygen atoms in total. The second kappa shape index (κ2) is 9.23. The average Bonchev–Trinajstić information content (AvgIpc) is 2.77. The van der Waals surface area contributed by atoms with Gasteiger partial charge in [-0.15, -0.1) is 0 Å². The summed E-state index contributed by atoms with van der Waals surface area (Å²) in [5.74, 6) is -0.736. The molecule has 1 fully saturated rings. The van der Waals surface area contributed by atoms with Crippen LogP contribution in [0.3, 0.4) is 0 Å². The number of benzene rings is 3. The Morgan fingerprint density at radius 3 is 2.23 bits per heavy atom. The number of hydrogen-bond donors (Lipinski definition) is 0. The van der Waals surface area contributed by atoms with Crippen LogP contribution in [-0.4, -0.2) is 29.9 Å². The highest BCUT2D eigenvalue weighted by Gasteiger charge is 2.31. The first-order valence-corrected chi connectivity index (χ1v) is 10.5. The van der Waals surface area contributed by atoms with Gasteiger partial charge in [0, 0.05) is 31.4 Å². The number of hydrogen-bond acceptors (Lipinski definition) is 2. The van der Waals surface area contributed by atoms with Gasteiger partial charge in [-0.1, -0.05) is 60.2 Å². The summed E-state index contributed by atoms with van der Waals surface area (Å²) in [6.45, 7) is 4.76. The highest BCUT2D eigenvalue weighted by molar-refractivity contribution is 6.06. The summed E-state index contributed by atoms with van der Waals surface area (Å²) in [4.78, 5) is 17.6. The number of halogens is 1. The molecule has 30 heavy (non-hydrogen) atoms. The third kappa shape index (κ3) is 4.60. The molecule has 0 bridgehead atoms. The van der Waals surface area contributed by atoms with Crippen LogP contribution in [0.1, 0.15) is 34.3 Å². The molecule has 1 saturated heterocycles. The number of likely N-dealkylation sites (tertiary alicyclic amines) is 1. The van der Waals surface area contributed by atoms with Gasteiger partial charge in [0.25, 0.3) is 5.91 Å². The van der Waals surface area contributed by atoms with E-state index in [0.717, 1.165) is 43.7 Å². The lowest BCUT2D eigenvalue weighted by Gasteiger charge is -2.38. The van der Waals surface area contributed by atoms with Gasteiger partial charge >= 0.3 is 0 Å². The SMILES string of the molecule is Cc1ccc(N(C(=O)c2ccccc2F)C2CCN(Cc3ccccc3)CC2)cc1. The lowest BCUT2D eigenvalue weighted by molar-refractivity contribution is 0.0954. The molecule has 1 amide bonds. The molecule has 1 aliphatic heterocycles. The molecule has 0 unspecified atom stereocenters. The van der Waals surface area contributed by atoms with Crippen LogP contribution in [-0.2, 0) is 6.54 Å². The van der Waals surface area contributed by atoms with E-state index in [1.165, 1.54) is 11.6 Å². The average molecular weight is 403 g/mol. The summed E-state index contributed by atoms with van der Waals surface area (Å²) >= 11 is 0. The fourth-order valence-electron chi connectivity index (χ4n) is 4.14. The number of carbonyl (C=O) groups excluding carboxylic acids is 1. The molecule has 1 aliphatic rings. The minimum atomic E-state index is -0.471. The van der Waals surface area contributed by atoms with Crippen LogP contribution in [0.2, 0.25) is 0 Å². The van der Waals surface area contributed by atoms with Crippen molar-refractivity contribution in [2.75, 3.05) is 18.0 Å². The summed E-state index contributed by atoms with van der Waals surface area (Å²) in [7, 11) is 0. The molecule has 0 N–H and O–H groups in total. The van der Waals surface area contributed by atoms with E-state index in [1.54, 1.807) is 23.1 Å². The molecule has 1 heterocycles. The predicted octanol–water partition coefficient (Wildman–Crippen LogP) is 5.45. The summed E-state index contributed by atoms with van der Waals surface area (Å²) in [6.07, 6.45) is 1.72. The van der Waals surface area contributed by atoms with Gasteiger partial charge < -0.3 is 4.90 Å². The van der Waals surface area contributed by atoms with Gasteiger partial charge in [0.15, 0.2) is 0 Å². The van der Waals surface area contributed by atoms with Crippen molar-refractivity contribution < 1.29 is 9.18 Å². The quantitative estimate of drug-likeness (QED) is 0.567. The molecule has 4 rings (SSSR count). The van der Waals surface area contributed by atoms with Gasteiger partial charge in [0.1, 0.15) is 5.82 Å². The topological polar surface area (TPSA) is 23.6 Å². The van der Waals surface area contributed by atoms with Crippen LogP contribution < -0.4 is 4.90 Å². The Balaban J connectivity index is 1.54. The Kier molecular flexibility index (Phi) is 6.24. The second-order valence-corrected chi connectivity index (χ2v) is 7.98. The van der Waals surface area contributed by atoms with E-state index >= 15 is 0 Å². The fourth-order valence-corrected chi connectivity index (χ4v) is 4.14. The van der Waals surface area contributed by atoms with Crippen molar-refractivity contribution in [3.05, 3.63) is 101 Å². The maximum atomic E-state index is 14.4. The number of carbonyl (C=O) groups is 1. The maximum Gasteiger partial charge on any atom is 0.261 e. The Labute approximate surface area is 177 Å². The molecule has 0 aliphatic carbocycles. The van der Waals surface area contributed by atoms with Gasteiger partial charge in [-0.05, 0) is 49.6 Å². The molecule has 0 spiro atoms. The van der Waals surface area contributed by atoms with Gasteiger partial charge in [0.2, 0.25) is 0 Å². The summed E-state index contributed by atoms with van der Waals surface area (Å²) in [6, 6.07) is 24.7. The van der Waals surface area contributed by atoms with E-state index in [9.17, 15) is 9.18 Å². The molecular weight excluding hydrogens is 375 g/mol. The van der Waals surface area contributed by atoms with Gasteiger partial charge in [-0.25, -0.2) is 4.39 Å². The largest absolute Gasteiger partial charge is 0.305 e. The fraction of sp³-hybridized carbons (Fsp3) is 0.269. The first kappa shape index (κ1) is 20.3. The van der Waals surface area contributed by atoms with Crippen LogP contribution >= 0.6 is 0 Å². The molecule has 0 radical (unpaired) electrons. The number of anilines is 1. The molecular formula is C26H27FN2O. The first-order chi connectivity index (χ1) is 14.6. The molecule has 3 aromatic carbocycles. The lowest BCUT2D eigenvalue weighted by atomic mass is 9.99. The normalized spacial score (nSPS) is 15.1. The third-order valence-corrected chi connectivity index (χ3v) is 5.81. The summed E-state index contributed by atoms with van der Waals surface area (Å²) in [5, 5.41) is 0. The van der Waals surface area contributed by atoms with Crippen molar-refractivity contribution in [1.82, 2.24) is 4.90 Å². The maximum absolute atomic E-state index is 14.4. The van der Waals surface area contributed by atoms with Gasteiger partial charge in [0.05, 0.1) is 5.56 Å². The number of aryl methyl sites for hydroxylation is 1. The van der Waals surface area contributed by atoms with Crippen LogP contribution in [0, 0.1) is 12.7 Å². The lowest BCUT2D eigenvalue weighted by Crippen LogP contribution is -2.47. The van der Waals surface area contributed by atoms with Crippen molar-refractivity contribution >= 4 is 11.6 Å². The molecule has 3 aromatic rings. The highest BCUT2D eigenvalue weighted by atomic mass is 19.1. The minimum absolute atomic E-state index is 0.0480. The van der Waals surface area contributed by atoms with Crippen molar-refractivity contribution in [3.63, 3.8) is 0 Å². The zero-order valence-corrected chi connectivity index (χ0v) is 17.3. The summed E-state index contributed by atoms with van der Waals surface area (Å²) < 4.78 is 14.4. The number of piperidine rings is 1. The van der Waals surface area contributed by atoms with Crippen LogP contribution in [0.4, 0.5) is 10.1 Å². The minimum Gasteiger partial charge on any atom is -0.305 e. The zero-order chi connectivity index (χ0) is 20.9. The Bertz CT molecular complexity index is 979. The van der Waals surface area contributed by atoms with Crippen LogP contribution in [0.15, 0.2) is 78.9 Å². The van der Waals surface area contributed by atoms with Crippen LogP contribution in [0.25, 0.3) is 0 Å². The standard InChI is InChI=1S/C26H27FN2O/c1-20-11-13-22(14-12-20)29(26(30)24-9-5-6-10-25(24)27)23-15-17-28(18-16-23)19-21-7-3-2-4-8-21/h2-14,23H,15-19H2,1H3. The Morgan fingerprint density at radius 1 is 0.933 bits per heavy atom. The van der Waals surface area contributed by atoms with E-state index in [0.29, 0.717) is 0 Å². The second-order valence-electron chi connectivity index (χ2n) is 7.98. The van der Waals surface area contributed by atoms with E-state index < -0.39 is 5.82 Å². The first-order valence-electron chi connectivity index (χ1n) is 10.5. The van der Waals surface area contributed by atoms with Gasteiger partial charge in [-0.3, -0.25) is 9.69 Å². The monoisotopic (exact) mass is 402 g/mol. The van der Waals surface area contributed by atoms with Crippen molar-refractivity contribution in [2.24, 2.45) is 0 Å². The number of amides is 1. The van der Waals surface area contributed by atoms with Crippen molar-refractivity contribution in [1.29, 1.82) is 0 Å². The summed E-state index contributed by atoms with van der Waals surface area (Å²) in [5.41, 5.74) is 3.39. The van der Waals surface area contributed by atoms with Crippen LogP contribution in [0.5, 0.6) is 0 Å². The molecule has 4 heteroatoms. The van der Waals surface area contributed by atoms with E-state index in [-0.39, 0.29) is 17.5 Å². The Morgan fingerprint density at radius 2 is 1.57 bits per heavy atom. The van der Waals surface area contributed by atoms with E-state index in [2.05, 4.69) is 29.2 Å². The molecule has 0 aromatic heterocycles.